The van der Waals surface area contributed by atoms with E-state index in [0.717, 1.165) is 35.0 Å². The summed E-state index contributed by atoms with van der Waals surface area (Å²) in [5.74, 6) is 0.926. The molecule has 0 atom stereocenters. The second-order valence-corrected chi connectivity index (χ2v) is 4.64. The van der Waals surface area contributed by atoms with E-state index in [0.29, 0.717) is 6.54 Å². The minimum atomic E-state index is 0.600. The van der Waals surface area contributed by atoms with Crippen LogP contribution >= 0.6 is 0 Å². The Bertz CT molecular complexity index is 723. The van der Waals surface area contributed by atoms with Crippen molar-refractivity contribution in [2.45, 2.75) is 20.3 Å². The van der Waals surface area contributed by atoms with Crippen LogP contribution in [-0.2, 0) is 6.42 Å². The number of fused-ring (bicyclic) bond motifs is 1. The maximum absolute atomic E-state index is 5.73. The van der Waals surface area contributed by atoms with Crippen molar-refractivity contribution >= 4 is 5.65 Å². The fraction of sp³-hybridized carbons (Fsp3) is 0.286. The smallest absolute Gasteiger partial charge is 0.160 e. The molecule has 0 amide bonds. The molecule has 3 heterocycles. The van der Waals surface area contributed by atoms with Gasteiger partial charge in [0.05, 0.1) is 11.4 Å². The van der Waals surface area contributed by atoms with Gasteiger partial charge in [-0.25, -0.2) is 9.97 Å². The van der Waals surface area contributed by atoms with Gasteiger partial charge in [-0.15, -0.1) is 0 Å². The first-order valence-corrected chi connectivity index (χ1v) is 6.39. The van der Waals surface area contributed by atoms with E-state index in [9.17, 15) is 0 Å². The normalized spacial score (nSPS) is 11.3. The summed E-state index contributed by atoms with van der Waals surface area (Å²) in [6.45, 7) is 4.66. The summed E-state index contributed by atoms with van der Waals surface area (Å²) in [6.07, 6.45) is 4.64. The fourth-order valence-electron chi connectivity index (χ4n) is 2.31. The number of rotatable bonds is 3. The Labute approximate surface area is 111 Å². The van der Waals surface area contributed by atoms with Crippen LogP contribution < -0.4 is 5.73 Å². The minimum absolute atomic E-state index is 0.600. The molecule has 0 aliphatic rings. The lowest BCUT2D eigenvalue weighted by Crippen LogP contribution is -2.08. The molecule has 2 N–H and O–H groups in total. The summed E-state index contributed by atoms with van der Waals surface area (Å²) in [5, 5.41) is 0. The highest BCUT2D eigenvalue weighted by Crippen LogP contribution is 2.20. The number of aromatic nitrogens is 4. The highest BCUT2D eigenvalue weighted by Gasteiger charge is 2.15. The van der Waals surface area contributed by atoms with Crippen molar-refractivity contribution < 1.29 is 0 Å². The number of pyridine rings is 1. The summed E-state index contributed by atoms with van der Waals surface area (Å²) in [7, 11) is 0. The largest absolute Gasteiger partial charge is 0.330 e. The van der Waals surface area contributed by atoms with Gasteiger partial charge in [-0.05, 0) is 32.5 Å². The van der Waals surface area contributed by atoms with Gasteiger partial charge in [0, 0.05) is 18.3 Å². The molecule has 5 nitrogen and oxygen atoms in total. The Balaban J connectivity index is 2.28. The molecule has 0 aliphatic carbocycles. The molecule has 0 aromatic carbocycles. The Hall–Kier alpha value is -2.14. The zero-order valence-electron chi connectivity index (χ0n) is 11.2. The number of aryl methyl sites for hydroxylation is 1. The topological polar surface area (TPSA) is 61.1 Å². The predicted molar refractivity (Wildman–Crippen MR) is 74.5 cm³/mol. The first-order valence-electron chi connectivity index (χ1n) is 6.39. The van der Waals surface area contributed by atoms with Gasteiger partial charge in [-0.1, -0.05) is 6.07 Å². The highest BCUT2D eigenvalue weighted by molar-refractivity contribution is 5.49. The molecule has 0 saturated carbocycles. The molecular weight excluding hydrogens is 238 g/mol. The van der Waals surface area contributed by atoms with E-state index >= 15 is 0 Å². The molecule has 5 heteroatoms. The summed E-state index contributed by atoms with van der Waals surface area (Å²) >= 11 is 0. The van der Waals surface area contributed by atoms with Crippen molar-refractivity contribution in [3.8, 4) is 5.82 Å². The van der Waals surface area contributed by atoms with E-state index in [1.807, 2.05) is 42.2 Å². The highest BCUT2D eigenvalue weighted by atomic mass is 15.2. The molecule has 3 aromatic rings. The van der Waals surface area contributed by atoms with Crippen LogP contribution in [0.5, 0.6) is 0 Å². The average molecular weight is 255 g/mol. The van der Waals surface area contributed by atoms with Gasteiger partial charge in [0.1, 0.15) is 12.0 Å². The van der Waals surface area contributed by atoms with Gasteiger partial charge < -0.3 is 10.1 Å². The number of hydrogen-bond acceptors (Lipinski definition) is 3. The maximum Gasteiger partial charge on any atom is 0.160 e. The molecule has 3 aromatic heterocycles. The fourth-order valence-corrected chi connectivity index (χ4v) is 2.31. The average Bonchev–Trinajstić information content (AvgIpc) is 2.93. The first-order chi connectivity index (χ1) is 9.22. The monoisotopic (exact) mass is 255 g/mol. The van der Waals surface area contributed by atoms with Crippen LogP contribution in [0.2, 0.25) is 0 Å². The van der Waals surface area contributed by atoms with Crippen LogP contribution in [0.25, 0.3) is 11.5 Å². The molecule has 0 spiro atoms. The molecule has 0 bridgehead atoms. The number of imidazole rings is 2. The number of nitrogens with zero attached hydrogens (tertiary/aromatic N) is 4. The van der Waals surface area contributed by atoms with Crippen LogP contribution in [0.4, 0.5) is 0 Å². The molecule has 0 saturated heterocycles. The lowest BCUT2D eigenvalue weighted by molar-refractivity contribution is 0.867. The Morgan fingerprint density at radius 3 is 2.79 bits per heavy atom. The number of hydrogen-bond donors (Lipinski definition) is 1. The van der Waals surface area contributed by atoms with E-state index in [1.54, 1.807) is 0 Å². The lowest BCUT2D eigenvalue weighted by atomic mass is 10.3. The van der Waals surface area contributed by atoms with Crippen LogP contribution in [0.1, 0.15) is 17.1 Å². The van der Waals surface area contributed by atoms with Gasteiger partial charge in [-0.3, -0.25) is 4.57 Å². The molecular formula is C14H17N5. The second kappa shape index (κ2) is 4.51. The zero-order valence-corrected chi connectivity index (χ0v) is 11.2. The van der Waals surface area contributed by atoms with Crippen LogP contribution in [0.15, 0.2) is 30.7 Å². The summed E-state index contributed by atoms with van der Waals surface area (Å²) < 4.78 is 4.13. The quantitative estimate of drug-likeness (QED) is 0.774. The molecule has 0 unspecified atom stereocenters. The van der Waals surface area contributed by atoms with Gasteiger partial charge in [0.25, 0.3) is 0 Å². The van der Waals surface area contributed by atoms with Crippen molar-refractivity contribution in [3.05, 3.63) is 47.8 Å². The van der Waals surface area contributed by atoms with Crippen molar-refractivity contribution in [2.24, 2.45) is 5.73 Å². The summed E-state index contributed by atoms with van der Waals surface area (Å²) in [6, 6.07) is 6.00. The van der Waals surface area contributed by atoms with E-state index in [4.69, 9.17) is 10.7 Å². The maximum atomic E-state index is 5.73. The van der Waals surface area contributed by atoms with E-state index in [1.165, 1.54) is 0 Å². The van der Waals surface area contributed by atoms with E-state index in [-0.39, 0.29) is 0 Å². The SMILES string of the molecule is Cc1ncn(-c2nc3ccccn3c2CCN)c1C. The van der Waals surface area contributed by atoms with E-state index in [2.05, 4.69) is 16.3 Å². The lowest BCUT2D eigenvalue weighted by Gasteiger charge is -2.06. The third-order valence-electron chi connectivity index (χ3n) is 3.47. The van der Waals surface area contributed by atoms with Crippen LogP contribution in [0.3, 0.4) is 0 Å². The van der Waals surface area contributed by atoms with Crippen LogP contribution in [-0.4, -0.2) is 25.5 Å². The second-order valence-electron chi connectivity index (χ2n) is 4.64. The molecule has 19 heavy (non-hydrogen) atoms. The first kappa shape index (κ1) is 11.9. The van der Waals surface area contributed by atoms with Crippen molar-refractivity contribution in [1.29, 1.82) is 0 Å². The Morgan fingerprint density at radius 1 is 1.26 bits per heavy atom. The summed E-state index contributed by atoms with van der Waals surface area (Å²) in [4.78, 5) is 9.05. The predicted octanol–water partition coefficient (Wildman–Crippen LogP) is 1.64. The van der Waals surface area contributed by atoms with Crippen molar-refractivity contribution in [2.75, 3.05) is 6.54 Å². The third kappa shape index (κ3) is 1.82. The van der Waals surface area contributed by atoms with Gasteiger partial charge in [0.15, 0.2) is 5.82 Å². The van der Waals surface area contributed by atoms with Crippen molar-refractivity contribution in [1.82, 2.24) is 18.9 Å². The Kier molecular flexibility index (Phi) is 2.83. The third-order valence-corrected chi connectivity index (χ3v) is 3.47. The van der Waals surface area contributed by atoms with E-state index < -0.39 is 0 Å². The number of nitrogens with two attached hydrogens (primary N) is 1. The molecule has 0 fully saturated rings. The minimum Gasteiger partial charge on any atom is -0.330 e. The zero-order chi connectivity index (χ0) is 13.4. The molecule has 0 radical (unpaired) electrons. The molecule has 3 rings (SSSR count). The van der Waals surface area contributed by atoms with Gasteiger partial charge in [-0.2, -0.15) is 0 Å². The standard InChI is InChI=1S/C14H17N5/c1-10-11(2)19(9-16-10)14-12(6-7-15)18-8-4-3-5-13(18)17-14/h3-5,8-9H,6-7,15H2,1-2H3. The summed E-state index contributed by atoms with van der Waals surface area (Å²) in [5.41, 5.74) is 9.93. The molecule has 0 aliphatic heterocycles. The van der Waals surface area contributed by atoms with Crippen molar-refractivity contribution in [3.63, 3.8) is 0 Å². The van der Waals surface area contributed by atoms with Gasteiger partial charge in [0.2, 0.25) is 0 Å². The van der Waals surface area contributed by atoms with Gasteiger partial charge >= 0.3 is 0 Å². The Morgan fingerprint density at radius 2 is 2.11 bits per heavy atom. The van der Waals surface area contributed by atoms with Crippen LogP contribution in [0, 0.1) is 13.8 Å². The molecule has 98 valence electrons.